The third-order valence-electron chi connectivity index (χ3n) is 3.00. The van der Waals surface area contributed by atoms with Crippen molar-refractivity contribution in [1.82, 2.24) is 0 Å². The van der Waals surface area contributed by atoms with Crippen molar-refractivity contribution in [3.63, 3.8) is 0 Å². The zero-order valence-corrected chi connectivity index (χ0v) is 8.91. The van der Waals surface area contributed by atoms with Gasteiger partial charge in [-0.2, -0.15) is 0 Å². The van der Waals surface area contributed by atoms with E-state index in [1.54, 1.807) is 0 Å². The molecular weight excluding hydrogens is 180 g/mol. The lowest BCUT2D eigenvalue weighted by atomic mass is 9.79. The van der Waals surface area contributed by atoms with Crippen LogP contribution in [0.25, 0.3) is 0 Å². The second-order valence-electron chi connectivity index (χ2n) is 4.05. The molecule has 0 aromatic heterocycles. The Bertz CT molecular complexity index is 223. The number of ether oxygens (including phenoxy) is 1. The summed E-state index contributed by atoms with van der Waals surface area (Å²) in [5, 5.41) is 0. The highest BCUT2D eigenvalue weighted by Gasteiger charge is 2.28. The van der Waals surface area contributed by atoms with Gasteiger partial charge in [-0.05, 0) is 19.3 Å². The number of carbonyl (C=O) groups excluding carboxylic acids is 2. The van der Waals surface area contributed by atoms with Crippen LogP contribution >= 0.6 is 0 Å². The average Bonchev–Trinajstić information content (AvgIpc) is 2.20. The van der Waals surface area contributed by atoms with Crippen molar-refractivity contribution < 1.29 is 14.3 Å². The molecule has 1 fully saturated rings. The Kier molecular flexibility index (Phi) is 4.11. The number of esters is 1. The van der Waals surface area contributed by atoms with E-state index < -0.39 is 0 Å². The number of rotatable bonds is 3. The summed E-state index contributed by atoms with van der Waals surface area (Å²) >= 11 is 0. The molecule has 0 heterocycles. The quantitative estimate of drug-likeness (QED) is 0.651. The number of Topliss-reactive ketones (excluding diaryl/α,β-unsaturated/α-hetero) is 1. The molecule has 1 rings (SSSR count). The fourth-order valence-electron chi connectivity index (χ4n) is 2.04. The Morgan fingerprint density at radius 1 is 1.50 bits per heavy atom. The minimum absolute atomic E-state index is 0.0952. The SMILES string of the molecule is COC(=O)CC[C@H]1CCC[C@H](C)C1=O. The van der Waals surface area contributed by atoms with Crippen LogP contribution in [0.4, 0.5) is 0 Å². The first kappa shape index (κ1) is 11.2. The van der Waals surface area contributed by atoms with Gasteiger partial charge < -0.3 is 4.74 Å². The van der Waals surface area contributed by atoms with Gasteiger partial charge in [-0.25, -0.2) is 0 Å². The number of ketones is 1. The maximum atomic E-state index is 11.7. The van der Waals surface area contributed by atoms with Gasteiger partial charge in [-0.15, -0.1) is 0 Å². The van der Waals surface area contributed by atoms with Crippen molar-refractivity contribution >= 4 is 11.8 Å². The van der Waals surface area contributed by atoms with Crippen LogP contribution in [-0.4, -0.2) is 18.9 Å². The molecule has 0 radical (unpaired) electrons. The summed E-state index contributed by atoms with van der Waals surface area (Å²) < 4.78 is 4.55. The normalized spacial score (nSPS) is 27.4. The van der Waals surface area contributed by atoms with Crippen LogP contribution in [0.15, 0.2) is 0 Å². The molecule has 0 aliphatic heterocycles. The third kappa shape index (κ3) is 2.82. The molecule has 0 bridgehead atoms. The van der Waals surface area contributed by atoms with E-state index >= 15 is 0 Å². The molecule has 2 atom stereocenters. The summed E-state index contributed by atoms with van der Waals surface area (Å²) in [6.07, 6.45) is 4.10. The van der Waals surface area contributed by atoms with E-state index in [0.717, 1.165) is 19.3 Å². The molecule has 0 N–H and O–H groups in total. The van der Waals surface area contributed by atoms with Gasteiger partial charge in [-0.3, -0.25) is 9.59 Å². The van der Waals surface area contributed by atoms with Gasteiger partial charge in [0, 0.05) is 18.3 Å². The lowest BCUT2D eigenvalue weighted by Gasteiger charge is -2.24. The van der Waals surface area contributed by atoms with Crippen LogP contribution < -0.4 is 0 Å². The first-order chi connectivity index (χ1) is 6.65. The summed E-state index contributed by atoms with van der Waals surface area (Å²) in [6.45, 7) is 1.98. The molecule has 0 aromatic rings. The minimum Gasteiger partial charge on any atom is -0.469 e. The summed E-state index contributed by atoms with van der Waals surface area (Å²) in [5.74, 6) is 0.403. The van der Waals surface area contributed by atoms with Gasteiger partial charge in [0.2, 0.25) is 0 Å². The van der Waals surface area contributed by atoms with Crippen molar-refractivity contribution in [2.75, 3.05) is 7.11 Å². The second kappa shape index (κ2) is 5.13. The lowest BCUT2D eigenvalue weighted by Crippen LogP contribution is -2.27. The number of hydrogen-bond acceptors (Lipinski definition) is 3. The second-order valence-corrected chi connectivity index (χ2v) is 4.05. The first-order valence-corrected chi connectivity index (χ1v) is 5.25. The average molecular weight is 198 g/mol. The van der Waals surface area contributed by atoms with Gasteiger partial charge in [-0.1, -0.05) is 13.3 Å². The van der Waals surface area contributed by atoms with Gasteiger partial charge in [0.15, 0.2) is 0 Å². The van der Waals surface area contributed by atoms with E-state index in [1.165, 1.54) is 7.11 Å². The smallest absolute Gasteiger partial charge is 0.305 e. The van der Waals surface area contributed by atoms with E-state index in [2.05, 4.69) is 4.74 Å². The molecule has 0 unspecified atom stereocenters. The van der Waals surface area contributed by atoms with Crippen molar-refractivity contribution in [2.45, 2.75) is 39.0 Å². The molecule has 0 spiro atoms. The van der Waals surface area contributed by atoms with Gasteiger partial charge >= 0.3 is 5.97 Å². The molecule has 14 heavy (non-hydrogen) atoms. The summed E-state index contributed by atoms with van der Waals surface area (Å²) in [5.41, 5.74) is 0. The predicted octanol–water partition coefficient (Wildman–Crippen LogP) is 1.94. The lowest BCUT2D eigenvalue weighted by molar-refractivity contribution is -0.141. The van der Waals surface area contributed by atoms with Crippen LogP contribution in [0.1, 0.15) is 39.0 Å². The van der Waals surface area contributed by atoms with Crippen LogP contribution in [0.2, 0.25) is 0 Å². The maximum absolute atomic E-state index is 11.7. The molecule has 0 saturated heterocycles. The zero-order chi connectivity index (χ0) is 10.6. The summed E-state index contributed by atoms with van der Waals surface area (Å²) in [7, 11) is 1.38. The fraction of sp³-hybridized carbons (Fsp3) is 0.818. The Morgan fingerprint density at radius 2 is 2.21 bits per heavy atom. The summed E-state index contributed by atoms with van der Waals surface area (Å²) in [6, 6.07) is 0. The largest absolute Gasteiger partial charge is 0.469 e. The molecule has 1 aliphatic rings. The molecule has 3 nitrogen and oxygen atoms in total. The Hall–Kier alpha value is -0.860. The highest BCUT2D eigenvalue weighted by atomic mass is 16.5. The maximum Gasteiger partial charge on any atom is 0.305 e. The van der Waals surface area contributed by atoms with E-state index in [-0.39, 0.29) is 17.8 Å². The fourth-order valence-corrected chi connectivity index (χ4v) is 2.04. The van der Waals surface area contributed by atoms with Gasteiger partial charge in [0.1, 0.15) is 5.78 Å². The minimum atomic E-state index is -0.212. The van der Waals surface area contributed by atoms with Crippen molar-refractivity contribution in [2.24, 2.45) is 11.8 Å². The van der Waals surface area contributed by atoms with Crippen molar-refractivity contribution in [1.29, 1.82) is 0 Å². The molecule has 3 heteroatoms. The molecule has 1 saturated carbocycles. The van der Waals surface area contributed by atoms with Crippen molar-refractivity contribution in [3.05, 3.63) is 0 Å². The molecule has 0 amide bonds. The van der Waals surface area contributed by atoms with Gasteiger partial charge in [0.05, 0.1) is 7.11 Å². The Balaban J connectivity index is 2.36. The third-order valence-corrected chi connectivity index (χ3v) is 3.00. The van der Waals surface area contributed by atoms with Crippen LogP contribution in [0.3, 0.4) is 0 Å². The van der Waals surface area contributed by atoms with Crippen LogP contribution in [-0.2, 0) is 14.3 Å². The van der Waals surface area contributed by atoms with Crippen LogP contribution in [0.5, 0.6) is 0 Å². The number of methoxy groups -OCH3 is 1. The highest BCUT2D eigenvalue weighted by Crippen LogP contribution is 2.28. The molecule has 80 valence electrons. The predicted molar refractivity (Wildman–Crippen MR) is 52.8 cm³/mol. The standard InChI is InChI=1S/C11H18O3/c1-8-4-3-5-9(11(8)13)6-7-10(12)14-2/h8-9H,3-7H2,1-2H3/t8-,9+/m0/s1. The monoisotopic (exact) mass is 198 g/mol. The summed E-state index contributed by atoms with van der Waals surface area (Å²) in [4.78, 5) is 22.6. The van der Waals surface area contributed by atoms with E-state index in [0.29, 0.717) is 18.6 Å². The molecule has 0 aromatic carbocycles. The van der Waals surface area contributed by atoms with Crippen molar-refractivity contribution in [3.8, 4) is 0 Å². The Labute approximate surface area is 84.8 Å². The highest BCUT2D eigenvalue weighted by molar-refractivity contribution is 5.84. The molecular formula is C11H18O3. The number of hydrogen-bond donors (Lipinski definition) is 0. The zero-order valence-electron chi connectivity index (χ0n) is 8.91. The van der Waals surface area contributed by atoms with Crippen LogP contribution in [0, 0.1) is 11.8 Å². The topological polar surface area (TPSA) is 43.4 Å². The van der Waals surface area contributed by atoms with E-state index in [1.807, 2.05) is 6.92 Å². The van der Waals surface area contributed by atoms with E-state index in [4.69, 9.17) is 0 Å². The molecule has 1 aliphatic carbocycles. The van der Waals surface area contributed by atoms with Gasteiger partial charge in [0.25, 0.3) is 0 Å². The Morgan fingerprint density at radius 3 is 2.86 bits per heavy atom. The number of carbonyl (C=O) groups is 2. The van der Waals surface area contributed by atoms with E-state index in [9.17, 15) is 9.59 Å². The first-order valence-electron chi connectivity index (χ1n) is 5.25.